The summed E-state index contributed by atoms with van der Waals surface area (Å²) in [6, 6.07) is 23.5. The van der Waals surface area contributed by atoms with Crippen molar-refractivity contribution in [3.05, 3.63) is 94.4 Å². The number of thiophene rings is 1. The van der Waals surface area contributed by atoms with Gasteiger partial charge in [0.2, 0.25) is 0 Å². The van der Waals surface area contributed by atoms with E-state index < -0.39 is 0 Å². The van der Waals surface area contributed by atoms with Gasteiger partial charge in [0, 0.05) is 22.5 Å². The Morgan fingerprint density at radius 2 is 1.67 bits per heavy atom. The maximum absolute atomic E-state index is 12.5. The van der Waals surface area contributed by atoms with Crippen LogP contribution in [0.3, 0.4) is 0 Å². The van der Waals surface area contributed by atoms with Crippen molar-refractivity contribution in [2.24, 2.45) is 0 Å². The van der Waals surface area contributed by atoms with Crippen molar-refractivity contribution < 1.29 is 4.79 Å². The maximum Gasteiger partial charge on any atom is 0.196 e. The number of aromatic nitrogens is 3. The van der Waals surface area contributed by atoms with Crippen LogP contribution in [0.15, 0.2) is 83.3 Å². The molecular formula is C21H17N3OS2. The number of ketones is 1. The molecule has 0 bridgehead atoms. The monoisotopic (exact) mass is 391 g/mol. The summed E-state index contributed by atoms with van der Waals surface area (Å²) in [6.45, 7) is 0. The predicted molar refractivity (Wildman–Crippen MR) is 110 cm³/mol. The Morgan fingerprint density at radius 1 is 0.926 bits per heavy atom. The van der Waals surface area contributed by atoms with Crippen LogP contribution in [0.1, 0.15) is 21.1 Å². The first kappa shape index (κ1) is 17.7. The highest BCUT2D eigenvalue weighted by atomic mass is 32.2. The summed E-state index contributed by atoms with van der Waals surface area (Å²) < 4.78 is 2.04. The molecule has 4 rings (SSSR count). The molecule has 4 nitrogen and oxygen atoms in total. The fraction of sp³-hybridized carbons (Fsp3) is 0.0952. The number of carbonyl (C=O) groups excluding carboxylic acids is 1. The van der Waals surface area contributed by atoms with Crippen molar-refractivity contribution in [3.63, 3.8) is 0 Å². The van der Waals surface area contributed by atoms with E-state index in [2.05, 4.69) is 21.6 Å². The van der Waals surface area contributed by atoms with Crippen LogP contribution in [-0.4, -0.2) is 26.3 Å². The molecule has 27 heavy (non-hydrogen) atoms. The molecule has 6 heteroatoms. The molecule has 0 amide bonds. The van der Waals surface area contributed by atoms with Crippen LogP contribution in [0.4, 0.5) is 0 Å². The summed E-state index contributed by atoms with van der Waals surface area (Å²) in [7, 11) is 0. The molecule has 0 atom stereocenters. The molecular weight excluding hydrogens is 374 g/mol. The average Bonchev–Trinajstić information content (AvgIpc) is 3.38. The van der Waals surface area contributed by atoms with E-state index in [-0.39, 0.29) is 5.78 Å². The van der Waals surface area contributed by atoms with Gasteiger partial charge in [-0.25, -0.2) is 0 Å². The lowest BCUT2D eigenvalue weighted by Gasteiger charge is -2.09. The molecule has 2 aromatic carbocycles. The lowest BCUT2D eigenvalue weighted by molar-refractivity contribution is 0.102. The summed E-state index contributed by atoms with van der Waals surface area (Å²) in [5, 5.41) is 11.6. The zero-order valence-corrected chi connectivity index (χ0v) is 16.1. The fourth-order valence-electron chi connectivity index (χ4n) is 2.75. The summed E-state index contributed by atoms with van der Waals surface area (Å²) in [6.07, 6.45) is 0.715. The standard InChI is InChI=1S/C21H17N3OS2/c25-19(16-8-3-1-4-9-16)15-27-21-23-22-20(14-18-12-7-13-26-18)24(21)17-10-5-2-6-11-17/h1-13H,14-15H2. The zero-order chi connectivity index (χ0) is 18.5. The molecule has 0 unspecified atom stereocenters. The molecule has 0 aliphatic rings. The fourth-order valence-corrected chi connectivity index (χ4v) is 4.32. The van der Waals surface area contributed by atoms with Crippen LogP contribution in [0.5, 0.6) is 0 Å². The Hall–Kier alpha value is -2.70. The molecule has 2 heterocycles. The smallest absolute Gasteiger partial charge is 0.196 e. The molecule has 4 aromatic rings. The van der Waals surface area contributed by atoms with Crippen molar-refractivity contribution in [1.82, 2.24) is 14.8 Å². The third kappa shape index (κ3) is 4.18. The molecule has 0 N–H and O–H groups in total. The van der Waals surface area contributed by atoms with Gasteiger partial charge < -0.3 is 0 Å². The van der Waals surface area contributed by atoms with E-state index in [1.807, 2.05) is 71.3 Å². The first-order valence-electron chi connectivity index (χ1n) is 8.54. The Morgan fingerprint density at radius 3 is 2.37 bits per heavy atom. The van der Waals surface area contributed by atoms with Gasteiger partial charge in [-0.05, 0) is 23.6 Å². The van der Waals surface area contributed by atoms with Gasteiger partial charge in [-0.3, -0.25) is 9.36 Å². The van der Waals surface area contributed by atoms with E-state index in [0.29, 0.717) is 12.2 Å². The van der Waals surface area contributed by atoms with E-state index in [0.717, 1.165) is 22.2 Å². The second-order valence-electron chi connectivity index (χ2n) is 5.90. The van der Waals surface area contributed by atoms with Crippen LogP contribution in [-0.2, 0) is 6.42 Å². The lowest BCUT2D eigenvalue weighted by atomic mass is 10.2. The summed E-state index contributed by atoms with van der Waals surface area (Å²) in [5.41, 5.74) is 1.72. The highest BCUT2D eigenvalue weighted by Crippen LogP contribution is 2.25. The van der Waals surface area contributed by atoms with Crippen LogP contribution < -0.4 is 0 Å². The predicted octanol–water partition coefficient (Wildman–Crippen LogP) is 4.89. The number of thioether (sulfide) groups is 1. The van der Waals surface area contributed by atoms with Crippen LogP contribution in [0.25, 0.3) is 5.69 Å². The first-order valence-corrected chi connectivity index (χ1v) is 10.4. The maximum atomic E-state index is 12.5. The molecule has 134 valence electrons. The van der Waals surface area contributed by atoms with E-state index in [9.17, 15) is 4.79 Å². The van der Waals surface area contributed by atoms with Gasteiger partial charge in [-0.15, -0.1) is 21.5 Å². The molecule has 0 spiro atoms. The second-order valence-corrected chi connectivity index (χ2v) is 7.88. The third-order valence-corrected chi connectivity index (χ3v) is 5.86. The number of para-hydroxylation sites is 1. The highest BCUT2D eigenvalue weighted by molar-refractivity contribution is 7.99. The van der Waals surface area contributed by atoms with Crippen LogP contribution in [0.2, 0.25) is 0 Å². The second kappa shape index (κ2) is 8.33. The third-order valence-electron chi connectivity index (χ3n) is 4.06. The van der Waals surface area contributed by atoms with Crippen LogP contribution >= 0.6 is 23.1 Å². The SMILES string of the molecule is O=C(CSc1nnc(Cc2cccs2)n1-c1ccccc1)c1ccccc1. The largest absolute Gasteiger partial charge is 0.293 e. The number of benzene rings is 2. The van der Waals surface area contributed by atoms with Crippen molar-refractivity contribution in [2.75, 3.05) is 5.75 Å². The number of Topliss-reactive ketones (excluding diaryl/α,β-unsaturated/α-hetero) is 1. The Labute approximate surface area is 165 Å². The van der Waals surface area contributed by atoms with Crippen LogP contribution in [0, 0.1) is 0 Å². The molecule has 0 radical (unpaired) electrons. The van der Waals surface area contributed by atoms with Crippen molar-refractivity contribution in [2.45, 2.75) is 11.6 Å². The first-order chi connectivity index (χ1) is 13.3. The van der Waals surface area contributed by atoms with Gasteiger partial charge in [-0.2, -0.15) is 0 Å². The van der Waals surface area contributed by atoms with E-state index in [4.69, 9.17) is 0 Å². The van der Waals surface area contributed by atoms with E-state index in [1.165, 1.54) is 16.6 Å². The normalized spacial score (nSPS) is 10.8. The Balaban J connectivity index is 1.60. The highest BCUT2D eigenvalue weighted by Gasteiger charge is 2.17. The lowest BCUT2D eigenvalue weighted by Crippen LogP contribution is -2.06. The van der Waals surface area contributed by atoms with Gasteiger partial charge in [0.05, 0.1) is 5.75 Å². The van der Waals surface area contributed by atoms with Crippen molar-refractivity contribution in [3.8, 4) is 5.69 Å². The topological polar surface area (TPSA) is 47.8 Å². The zero-order valence-electron chi connectivity index (χ0n) is 14.5. The van der Waals surface area contributed by atoms with Gasteiger partial charge in [0.1, 0.15) is 5.82 Å². The number of nitrogens with zero attached hydrogens (tertiary/aromatic N) is 3. The number of hydrogen-bond donors (Lipinski definition) is 0. The molecule has 2 aromatic heterocycles. The van der Waals surface area contributed by atoms with Crippen molar-refractivity contribution >= 4 is 28.9 Å². The molecule has 0 aliphatic carbocycles. The summed E-state index contributed by atoms with van der Waals surface area (Å²) in [5.74, 6) is 1.29. The summed E-state index contributed by atoms with van der Waals surface area (Å²) in [4.78, 5) is 13.7. The van der Waals surface area contributed by atoms with Gasteiger partial charge in [-0.1, -0.05) is 66.4 Å². The van der Waals surface area contributed by atoms with Gasteiger partial charge in [0.15, 0.2) is 10.9 Å². The Kier molecular flexibility index (Phi) is 5.46. The van der Waals surface area contributed by atoms with Gasteiger partial charge in [0.25, 0.3) is 0 Å². The number of rotatable bonds is 7. The van der Waals surface area contributed by atoms with Crippen molar-refractivity contribution in [1.29, 1.82) is 0 Å². The number of carbonyl (C=O) groups is 1. The number of hydrogen-bond acceptors (Lipinski definition) is 5. The minimum atomic E-state index is 0.0861. The van der Waals surface area contributed by atoms with E-state index >= 15 is 0 Å². The summed E-state index contributed by atoms with van der Waals surface area (Å²) >= 11 is 3.13. The minimum absolute atomic E-state index is 0.0861. The molecule has 0 aliphatic heterocycles. The molecule has 0 saturated heterocycles. The molecule has 0 saturated carbocycles. The quantitative estimate of drug-likeness (QED) is 0.332. The minimum Gasteiger partial charge on any atom is -0.293 e. The van der Waals surface area contributed by atoms with Gasteiger partial charge >= 0.3 is 0 Å². The average molecular weight is 392 g/mol. The van der Waals surface area contributed by atoms with E-state index in [1.54, 1.807) is 11.3 Å². The Bertz CT molecular complexity index is 1010. The molecule has 0 fully saturated rings.